The highest BCUT2D eigenvalue weighted by Crippen LogP contribution is 2.39. The average Bonchev–Trinajstić information content (AvgIpc) is 2.41. The second kappa shape index (κ2) is 11.3. The summed E-state index contributed by atoms with van der Waals surface area (Å²) in [6.45, 7) is 9.15. The number of carboxylic acids is 1. The molecular formula is C17H35O7P. The molecule has 0 fully saturated rings. The van der Waals surface area contributed by atoms with Crippen molar-refractivity contribution in [2.45, 2.75) is 72.6 Å². The number of phosphoric acid groups is 1. The summed E-state index contributed by atoms with van der Waals surface area (Å²) in [6.07, 6.45) is 5.54. The lowest BCUT2D eigenvalue weighted by molar-refractivity contribution is -0.139. The van der Waals surface area contributed by atoms with Crippen LogP contribution in [0.15, 0.2) is 0 Å². The lowest BCUT2D eigenvalue weighted by Gasteiger charge is -2.24. The smallest absolute Gasteiger partial charge is 0.469 e. The lowest BCUT2D eigenvalue weighted by Crippen LogP contribution is -2.18. The maximum absolute atomic E-state index is 10.7. The van der Waals surface area contributed by atoms with Gasteiger partial charge in [0.25, 0.3) is 0 Å². The fourth-order valence-corrected chi connectivity index (χ4v) is 3.06. The zero-order valence-electron chi connectivity index (χ0n) is 16.0. The van der Waals surface area contributed by atoms with Crippen molar-refractivity contribution in [1.82, 2.24) is 0 Å². The zero-order valence-corrected chi connectivity index (χ0v) is 16.9. The third-order valence-corrected chi connectivity index (χ3v) is 4.50. The number of rotatable bonds is 15. The van der Waals surface area contributed by atoms with Gasteiger partial charge >= 0.3 is 13.8 Å². The average molecular weight is 382 g/mol. The Hall–Kier alpha value is -0.460. The molecule has 0 saturated carbocycles. The zero-order chi connectivity index (χ0) is 19.6. The molecule has 0 aromatic carbocycles. The van der Waals surface area contributed by atoms with Gasteiger partial charge < -0.3 is 19.6 Å². The van der Waals surface area contributed by atoms with E-state index in [0.717, 1.165) is 38.5 Å². The predicted octanol–water partition coefficient (Wildman–Crippen LogP) is 3.98. The molecule has 0 heterocycles. The first-order chi connectivity index (χ1) is 11.3. The van der Waals surface area contributed by atoms with Gasteiger partial charge in [-0.1, -0.05) is 40.5 Å². The van der Waals surface area contributed by atoms with Gasteiger partial charge in [-0.05, 0) is 36.5 Å². The fourth-order valence-electron chi connectivity index (χ4n) is 2.55. The van der Waals surface area contributed by atoms with E-state index >= 15 is 0 Å². The SMILES string of the molecule is CC(C)(CCCCOCCCCC(C)(C)CC(=O)O)COP(=O)(O)O. The van der Waals surface area contributed by atoms with Gasteiger partial charge in [0.05, 0.1) is 13.0 Å². The minimum Gasteiger partial charge on any atom is -0.481 e. The van der Waals surface area contributed by atoms with Crippen molar-refractivity contribution in [3.8, 4) is 0 Å². The van der Waals surface area contributed by atoms with E-state index in [2.05, 4.69) is 4.52 Å². The van der Waals surface area contributed by atoms with Crippen LogP contribution >= 0.6 is 7.82 Å². The Labute approximate surface area is 151 Å². The van der Waals surface area contributed by atoms with Crippen LogP contribution in [0.4, 0.5) is 0 Å². The van der Waals surface area contributed by atoms with Gasteiger partial charge in [-0.3, -0.25) is 9.32 Å². The number of hydrogen-bond donors (Lipinski definition) is 3. The van der Waals surface area contributed by atoms with Crippen molar-refractivity contribution in [3.05, 3.63) is 0 Å². The largest absolute Gasteiger partial charge is 0.481 e. The summed E-state index contributed by atoms with van der Waals surface area (Å²) in [6, 6.07) is 0. The van der Waals surface area contributed by atoms with Gasteiger partial charge in [0, 0.05) is 13.2 Å². The highest BCUT2D eigenvalue weighted by atomic mass is 31.2. The number of hydrogen-bond acceptors (Lipinski definition) is 4. The molecule has 0 spiro atoms. The van der Waals surface area contributed by atoms with Gasteiger partial charge in [0.15, 0.2) is 0 Å². The van der Waals surface area contributed by atoms with Crippen molar-refractivity contribution in [1.29, 1.82) is 0 Å². The highest BCUT2D eigenvalue weighted by molar-refractivity contribution is 7.46. The number of carboxylic acid groups (broad SMARTS) is 1. The second-order valence-corrected chi connectivity index (χ2v) is 9.43. The van der Waals surface area contributed by atoms with E-state index in [0.29, 0.717) is 13.2 Å². The molecule has 0 aromatic rings. The van der Waals surface area contributed by atoms with Crippen LogP contribution in [0.2, 0.25) is 0 Å². The van der Waals surface area contributed by atoms with Crippen molar-refractivity contribution in [3.63, 3.8) is 0 Å². The van der Waals surface area contributed by atoms with E-state index in [1.807, 2.05) is 27.7 Å². The molecule has 0 aliphatic carbocycles. The highest BCUT2D eigenvalue weighted by Gasteiger charge is 2.23. The molecule has 0 amide bonds. The molecule has 0 aliphatic rings. The van der Waals surface area contributed by atoms with E-state index < -0.39 is 13.8 Å². The Bertz CT molecular complexity index is 429. The van der Waals surface area contributed by atoms with Crippen molar-refractivity contribution < 1.29 is 33.5 Å². The van der Waals surface area contributed by atoms with Crippen LogP contribution < -0.4 is 0 Å². The summed E-state index contributed by atoms with van der Waals surface area (Å²) < 4.78 is 20.9. The van der Waals surface area contributed by atoms with Gasteiger partial charge in [-0.2, -0.15) is 0 Å². The minimum absolute atomic E-state index is 0.0320. The molecule has 3 N–H and O–H groups in total. The Morgan fingerprint density at radius 2 is 1.40 bits per heavy atom. The molecule has 0 radical (unpaired) electrons. The second-order valence-electron chi connectivity index (χ2n) is 8.19. The first-order valence-electron chi connectivity index (χ1n) is 8.83. The fraction of sp³-hybridized carbons (Fsp3) is 0.941. The van der Waals surface area contributed by atoms with Gasteiger partial charge in [-0.15, -0.1) is 0 Å². The Kier molecular flexibility index (Phi) is 11.1. The van der Waals surface area contributed by atoms with E-state index in [1.165, 1.54) is 0 Å². The van der Waals surface area contributed by atoms with E-state index in [1.54, 1.807) is 0 Å². The number of aliphatic carboxylic acids is 1. The lowest BCUT2D eigenvalue weighted by atomic mass is 9.84. The number of carbonyl (C=O) groups is 1. The van der Waals surface area contributed by atoms with Gasteiger partial charge in [-0.25, -0.2) is 4.57 Å². The standard InChI is InChI=1S/C17H35O7P/c1-16(2,13-15(18)19)9-5-7-11-23-12-8-6-10-17(3,4)14-24-25(20,21)22/h5-14H2,1-4H3,(H,18,19)(H2,20,21,22). The molecular weight excluding hydrogens is 347 g/mol. The van der Waals surface area contributed by atoms with Crippen molar-refractivity contribution >= 4 is 13.8 Å². The van der Waals surface area contributed by atoms with Crippen molar-refractivity contribution in [2.24, 2.45) is 10.8 Å². The molecule has 0 aliphatic heterocycles. The third kappa shape index (κ3) is 16.7. The number of unbranched alkanes of at least 4 members (excludes halogenated alkanes) is 2. The predicted molar refractivity (Wildman–Crippen MR) is 96.3 cm³/mol. The van der Waals surface area contributed by atoms with Crippen LogP contribution in [0.5, 0.6) is 0 Å². The summed E-state index contributed by atoms with van der Waals surface area (Å²) in [5.41, 5.74) is -0.455. The van der Waals surface area contributed by atoms with Crippen molar-refractivity contribution in [2.75, 3.05) is 19.8 Å². The van der Waals surface area contributed by atoms with Crippen LogP contribution in [-0.4, -0.2) is 40.7 Å². The summed E-state index contributed by atoms with van der Waals surface area (Å²) in [5.74, 6) is -0.754. The first kappa shape index (κ1) is 24.5. The van der Waals surface area contributed by atoms with Gasteiger partial charge in [0.2, 0.25) is 0 Å². The van der Waals surface area contributed by atoms with Crippen LogP contribution in [0.25, 0.3) is 0 Å². The first-order valence-corrected chi connectivity index (χ1v) is 10.4. The Balaban J connectivity index is 3.61. The summed E-state index contributed by atoms with van der Waals surface area (Å²) in [5, 5.41) is 8.83. The van der Waals surface area contributed by atoms with Crippen LogP contribution in [-0.2, 0) is 18.6 Å². The monoisotopic (exact) mass is 382 g/mol. The molecule has 0 unspecified atom stereocenters. The minimum atomic E-state index is -4.40. The quantitative estimate of drug-likeness (QED) is 0.290. The topological polar surface area (TPSA) is 113 Å². The molecule has 8 heteroatoms. The molecule has 0 bridgehead atoms. The maximum Gasteiger partial charge on any atom is 0.469 e. The van der Waals surface area contributed by atoms with Crippen LogP contribution in [0, 0.1) is 10.8 Å². The Morgan fingerprint density at radius 3 is 1.84 bits per heavy atom. The normalized spacial score (nSPS) is 13.2. The molecule has 25 heavy (non-hydrogen) atoms. The number of phosphoric ester groups is 1. The molecule has 0 rings (SSSR count). The number of ether oxygens (including phenoxy) is 1. The third-order valence-electron chi connectivity index (χ3n) is 4.04. The van der Waals surface area contributed by atoms with Crippen LogP contribution in [0.3, 0.4) is 0 Å². The molecule has 0 saturated heterocycles. The van der Waals surface area contributed by atoms with Crippen LogP contribution in [0.1, 0.15) is 72.6 Å². The van der Waals surface area contributed by atoms with Gasteiger partial charge in [0.1, 0.15) is 0 Å². The molecule has 150 valence electrons. The van der Waals surface area contributed by atoms with E-state index in [4.69, 9.17) is 19.6 Å². The molecule has 7 nitrogen and oxygen atoms in total. The summed E-state index contributed by atoms with van der Waals surface area (Å²) in [4.78, 5) is 28.2. The summed E-state index contributed by atoms with van der Waals surface area (Å²) in [7, 11) is -4.40. The van der Waals surface area contributed by atoms with E-state index in [-0.39, 0.29) is 23.9 Å². The maximum atomic E-state index is 10.7. The Morgan fingerprint density at radius 1 is 0.920 bits per heavy atom. The molecule has 0 atom stereocenters. The van der Waals surface area contributed by atoms with E-state index in [9.17, 15) is 9.36 Å². The molecule has 0 aromatic heterocycles. The summed E-state index contributed by atoms with van der Waals surface area (Å²) >= 11 is 0.